The van der Waals surface area contributed by atoms with Crippen molar-refractivity contribution >= 4 is 0 Å². The van der Waals surface area contributed by atoms with Crippen molar-refractivity contribution in [2.45, 2.75) is 45.7 Å². The van der Waals surface area contributed by atoms with Gasteiger partial charge in [-0.05, 0) is 20.3 Å². The maximum atomic E-state index is 9.34. The molecule has 15 heavy (non-hydrogen) atoms. The van der Waals surface area contributed by atoms with E-state index in [0.29, 0.717) is 0 Å². The molecule has 1 aromatic heterocycles. The zero-order chi connectivity index (χ0) is 11.4. The number of aliphatic hydroxyl groups is 1. The molecular formula is C10H20N4O. The predicted octanol–water partition coefficient (Wildman–Crippen LogP) is 0.556. The Morgan fingerprint density at radius 3 is 2.53 bits per heavy atom. The summed E-state index contributed by atoms with van der Waals surface area (Å²) in [6.45, 7) is 5.79. The first-order valence-corrected chi connectivity index (χ1v) is 5.36. The summed E-state index contributed by atoms with van der Waals surface area (Å²) in [5.41, 5.74) is 6.00. The molecule has 5 nitrogen and oxygen atoms in total. The normalized spacial score (nSPS) is 15.3. The van der Waals surface area contributed by atoms with Gasteiger partial charge in [-0.3, -0.25) is 0 Å². The number of aliphatic hydroxyl groups excluding tert-OH is 1. The van der Waals surface area contributed by atoms with Gasteiger partial charge in [0.25, 0.3) is 0 Å². The topological polar surface area (TPSA) is 77.0 Å². The minimum Gasteiger partial charge on any atom is -0.394 e. The molecule has 2 atom stereocenters. The van der Waals surface area contributed by atoms with E-state index in [2.05, 4.69) is 17.0 Å². The average molecular weight is 212 g/mol. The third-order valence-corrected chi connectivity index (χ3v) is 2.53. The summed E-state index contributed by atoms with van der Waals surface area (Å²) in [5.74, 6) is 1.52. The predicted molar refractivity (Wildman–Crippen MR) is 58.5 cm³/mol. The van der Waals surface area contributed by atoms with Crippen molar-refractivity contribution in [3.05, 3.63) is 11.6 Å². The Kier molecular flexibility index (Phi) is 4.23. The molecule has 5 heteroatoms. The fraction of sp³-hybridized carbons (Fsp3) is 0.800. The van der Waals surface area contributed by atoms with Crippen molar-refractivity contribution in [3.8, 4) is 0 Å². The summed E-state index contributed by atoms with van der Waals surface area (Å²) in [6, 6.07) is -0.231. The molecule has 0 fully saturated rings. The summed E-state index contributed by atoms with van der Waals surface area (Å²) in [6.07, 6.45) is 1.88. The van der Waals surface area contributed by atoms with Crippen LogP contribution in [0.2, 0.25) is 0 Å². The van der Waals surface area contributed by atoms with Crippen molar-refractivity contribution in [1.29, 1.82) is 0 Å². The zero-order valence-corrected chi connectivity index (χ0v) is 9.64. The van der Waals surface area contributed by atoms with Crippen molar-refractivity contribution in [1.82, 2.24) is 14.8 Å². The molecule has 1 rings (SSSR count). The van der Waals surface area contributed by atoms with Gasteiger partial charge in [-0.1, -0.05) is 13.3 Å². The summed E-state index contributed by atoms with van der Waals surface area (Å²) >= 11 is 0. The Balaban J connectivity index is 2.86. The summed E-state index contributed by atoms with van der Waals surface area (Å²) in [4.78, 5) is 4.21. The lowest BCUT2D eigenvalue weighted by atomic mass is 10.1. The van der Waals surface area contributed by atoms with Crippen molar-refractivity contribution in [2.24, 2.45) is 5.73 Å². The molecule has 1 aromatic rings. The Labute approximate surface area is 90.3 Å². The van der Waals surface area contributed by atoms with Gasteiger partial charge < -0.3 is 10.8 Å². The van der Waals surface area contributed by atoms with Gasteiger partial charge in [-0.25, -0.2) is 9.67 Å². The molecule has 3 N–H and O–H groups in total. The van der Waals surface area contributed by atoms with Crippen LogP contribution in [0.1, 0.15) is 37.5 Å². The first kappa shape index (κ1) is 12.1. The zero-order valence-electron chi connectivity index (χ0n) is 9.64. The first-order valence-electron chi connectivity index (χ1n) is 5.36. The fourth-order valence-electron chi connectivity index (χ4n) is 1.77. The van der Waals surface area contributed by atoms with E-state index < -0.39 is 0 Å². The van der Waals surface area contributed by atoms with Crippen LogP contribution in [0.4, 0.5) is 0 Å². The van der Waals surface area contributed by atoms with E-state index in [9.17, 15) is 5.11 Å². The number of nitrogens with two attached hydrogens (primary N) is 1. The molecule has 0 aliphatic heterocycles. The van der Waals surface area contributed by atoms with E-state index >= 15 is 0 Å². The second-order valence-corrected chi connectivity index (χ2v) is 3.85. The molecule has 0 spiro atoms. The van der Waals surface area contributed by atoms with Gasteiger partial charge in [0, 0.05) is 6.04 Å². The van der Waals surface area contributed by atoms with Gasteiger partial charge in [-0.15, -0.1) is 0 Å². The molecule has 0 saturated carbocycles. The van der Waals surface area contributed by atoms with E-state index in [1.54, 1.807) is 4.68 Å². The highest BCUT2D eigenvalue weighted by atomic mass is 16.3. The highest BCUT2D eigenvalue weighted by Crippen LogP contribution is 2.14. The number of aromatic nitrogens is 3. The Morgan fingerprint density at radius 2 is 2.13 bits per heavy atom. The lowest BCUT2D eigenvalue weighted by Crippen LogP contribution is -2.35. The van der Waals surface area contributed by atoms with Gasteiger partial charge in [0.05, 0.1) is 12.6 Å². The SMILES string of the molecule is CCCC(N)C(CO)n1nc(C)nc1C. The van der Waals surface area contributed by atoms with Gasteiger partial charge in [0.15, 0.2) is 0 Å². The minimum atomic E-state index is -0.161. The maximum absolute atomic E-state index is 9.34. The van der Waals surface area contributed by atoms with Crippen LogP contribution >= 0.6 is 0 Å². The Morgan fingerprint density at radius 1 is 1.47 bits per heavy atom. The third-order valence-electron chi connectivity index (χ3n) is 2.53. The van der Waals surface area contributed by atoms with Crippen LogP contribution in [-0.2, 0) is 0 Å². The number of hydrogen-bond donors (Lipinski definition) is 2. The third kappa shape index (κ3) is 2.76. The standard InChI is InChI=1S/C10H20N4O/c1-4-5-9(11)10(6-15)14-8(3)12-7(2)13-14/h9-10,15H,4-6,11H2,1-3H3. The van der Waals surface area contributed by atoms with Crippen LogP contribution in [-0.4, -0.2) is 32.5 Å². The second kappa shape index (κ2) is 5.23. The Bertz CT molecular complexity index is 310. The molecule has 86 valence electrons. The quantitative estimate of drug-likeness (QED) is 0.747. The van der Waals surface area contributed by atoms with Crippen molar-refractivity contribution < 1.29 is 5.11 Å². The van der Waals surface area contributed by atoms with E-state index in [4.69, 9.17) is 5.73 Å². The smallest absolute Gasteiger partial charge is 0.147 e. The number of nitrogens with zero attached hydrogens (tertiary/aromatic N) is 3. The lowest BCUT2D eigenvalue weighted by molar-refractivity contribution is 0.190. The second-order valence-electron chi connectivity index (χ2n) is 3.85. The van der Waals surface area contributed by atoms with E-state index in [1.807, 2.05) is 13.8 Å². The summed E-state index contributed by atoms with van der Waals surface area (Å²) in [5, 5.41) is 13.6. The van der Waals surface area contributed by atoms with Gasteiger partial charge in [0.1, 0.15) is 11.6 Å². The molecule has 1 heterocycles. The Hall–Kier alpha value is -0.940. The van der Waals surface area contributed by atoms with Gasteiger partial charge in [0.2, 0.25) is 0 Å². The lowest BCUT2D eigenvalue weighted by Gasteiger charge is -2.22. The highest BCUT2D eigenvalue weighted by Gasteiger charge is 2.21. The fourth-order valence-corrected chi connectivity index (χ4v) is 1.77. The van der Waals surface area contributed by atoms with Gasteiger partial charge >= 0.3 is 0 Å². The van der Waals surface area contributed by atoms with Crippen LogP contribution in [0.5, 0.6) is 0 Å². The van der Waals surface area contributed by atoms with Crippen LogP contribution in [0.25, 0.3) is 0 Å². The highest BCUT2D eigenvalue weighted by molar-refractivity contribution is 4.92. The van der Waals surface area contributed by atoms with Gasteiger partial charge in [-0.2, -0.15) is 5.10 Å². The van der Waals surface area contributed by atoms with E-state index in [1.165, 1.54) is 0 Å². The molecule has 0 amide bonds. The number of aryl methyl sites for hydroxylation is 2. The molecule has 0 saturated heterocycles. The summed E-state index contributed by atoms with van der Waals surface area (Å²) in [7, 11) is 0. The molecular weight excluding hydrogens is 192 g/mol. The van der Waals surface area contributed by atoms with Crippen LogP contribution in [0.15, 0.2) is 0 Å². The monoisotopic (exact) mass is 212 g/mol. The molecule has 0 aromatic carbocycles. The van der Waals surface area contributed by atoms with E-state index in [-0.39, 0.29) is 18.7 Å². The molecule has 0 radical (unpaired) electrons. The van der Waals surface area contributed by atoms with E-state index in [0.717, 1.165) is 24.5 Å². The maximum Gasteiger partial charge on any atom is 0.147 e. The molecule has 0 aliphatic rings. The van der Waals surface area contributed by atoms with Crippen molar-refractivity contribution in [3.63, 3.8) is 0 Å². The largest absolute Gasteiger partial charge is 0.394 e. The summed E-state index contributed by atoms with van der Waals surface area (Å²) < 4.78 is 1.73. The van der Waals surface area contributed by atoms with Crippen LogP contribution in [0.3, 0.4) is 0 Å². The van der Waals surface area contributed by atoms with Crippen LogP contribution in [0, 0.1) is 13.8 Å². The molecule has 0 bridgehead atoms. The number of rotatable bonds is 5. The number of hydrogen-bond acceptors (Lipinski definition) is 4. The van der Waals surface area contributed by atoms with Crippen molar-refractivity contribution in [2.75, 3.05) is 6.61 Å². The first-order chi connectivity index (χ1) is 7.10. The molecule has 2 unspecified atom stereocenters. The average Bonchev–Trinajstić information content (AvgIpc) is 2.47. The van der Waals surface area contributed by atoms with Crippen LogP contribution < -0.4 is 5.73 Å². The molecule has 0 aliphatic carbocycles. The minimum absolute atomic E-state index is 0.00477.